The van der Waals surface area contributed by atoms with Crippen molar-refractivity contribution in [1.82, 2.24) is 15.1 Å². The van der Waals surface area contributed by atoms with Crippen LogP contribution in [0.5, 0.6) is 0 Å². The lowest BCUT2D eigenvalue weighted by molar-refractivity contribution is -0.137. The highest BCUT2D eigenvalue weighted by molar-refractivity contribution is 6.06. The molecule has 5 nitrogen and oxygen atoms in total. The maximum absolute atomic E-state index is 13.0. The molecular weight excluding hydrogens is 371 g/mol. The fourth-order valence-corrected chi connectivity index (χ4v) is 3.70. The van der Waals surface area contributed by atoms with Crippen LogP contribution in [0.2, 0.25) is 0 Å². The number of rotatable bonds is 7. The van der Waals surface area contributed by atoms with Gasteiger partial charge < -0.3 is 5.32 Å². The summed E-state index contributed by atoms with van der Waals surface area (Å²) >= 11 is 0. The van der Waals surface area contributed by atoms with E-state index in [2.05, 4.69) is 10.2 Å². The average molecular weight is 397 g/mol. The van der Waals surface area contributed by atoms with Crippen LogP contribution in [0.25, 0.3) is 0 Å². The lowest BCUT2D eigenvalue weighted by Gasteiger charge is -2.30. The van der Waals surface area contributed by atoms with Crippen LogP contribution in [0.4, 0.5) is 18.0 Å². The van der Waals surface area contributed by atoms with Crippen LogP contribution >= 0.6 is 0 Å². The number of nitrogens with zero attached hydrogens (tertiary/aromatic N) is 2. The topological polar surface area (TPSA) is 52.6 Å². The number of benzene rings is 1. The average Bonchev–Trinajstić information content (AvgIpc) is 3.41. The summed E-state index contributed by atoms with van der Waals surface area (Å²) in [5.41, 5.74) is -0.912. The molecule has 1 unspecified atom stereocenters. The third kappa shape index (κ3) is 4.32. The van der Waals surface area contributed by atoms with Gasteiger partial charge in [0.15, 0.2) is 0 Å². The van der Waals surface area contributed by atoms with E-state index >= 15 is 0 Å². The van der Waals surface area contributed by atoms with Crippen molar-refractivity contribution in [2.75, 3.05) is 13.1 Å². The zero-order valence-electron chi connectivity index (χ0n) is 16.3. The van der Waals surface area contributed by atoms with Crippen LogP contribution in [0.3, 0.4) is 0 Å². The Morgan fingerprint density at radius 1 is 1.29 bits per heavy atom. The van der Waals surface area contributed by atoms with Crippen molar-refractivity contribution >= 4 is 11.9 Å². The second kappa shape index (κ2) is 7.39. The zero-order valence-corrected chi connectivity index (χ0v) is 16.3. The van der Waals surface area contributed by atoms with E-state index in [9.17, 15) is 22.8 Å². The minimum Gasteiger partial charge on any atom is -0.324 e. The first kappa shape index (κ1) is 20.6. The molecule has 1 saturated heterocycles. The zero-order chi connectivity index (χ0) is 20.7. The van der Waals surface area contributed by atoms with Gasteiger partial charge in [0.2, 0.25) is 0 Å². The van der Waals surface area contributed by atoms with Crippen molar-refractivity contribution in [1.29, 1.82) is 0 Å². The molecule has 3 rings (SSSR count). The molecule has 1 aliphatic carbocycles. The largest absolute Gasteiger partial charge is 0.416 e. The first-order valence-electron chi connectivity index (χ1n) is 9.58. The first-order valence-corrected chi connectivity index (χ1v) is 9.58. The van der Waals surface area contributed by atoms with E-state index in [1.807, 2.05) is 6.92 Å². The summed E-state index contributed by atoms with van der Waals surface area (Å²) in [5.74, 6) is -0.249. The van der Waals surface area contributed by atoms with E-state index in [-0.39, 0.29) is 18.0 Å². The predicted molar refractivity (Wildman–Crippen MR) is 98.5 cm³/mol. The second-order valence-corrected chi connectivity index (χ2v) is 8.13. The van der Waals surface area contributed by atoms with Crippen molar-refractivity contribution in [3.63, 3.8) is 0 Å². The highest BCUT2D eigenvalue weighted by atomic mass is 19.4. The monoisotopic (exact) mass is 397 g/mol. The molecule has 1 atom stereocenters. The number of hydrogen-bond acceptors (Lipinski definition) is 3. The van der Waals surface area contributed by atoms with Crippen molar-refractivity contribution in [2.24, 2.45) is 0 Å². The summed E-state index contributed by atoms with van der Waals surface area (Å²) in [6, 6.07) is 5.22. The van der Waals surface area contributed by atoms with Gasteiger partial charge >= 0.3 is 12.2 Å². The number of amides is 3. The summed E-state index contributed by atoms with van der Waals surface area (Å²) in [6.07, 6.45) is -1.76. The van der Waals surface area contributed by atoms with Gasteiger partial charge in [0.05, 0.1) is 5.56 Å². The Labute approximate surface area is 162 Å². The van der Waals surface area contributed by atoms with Gasteiger partial charge in [-0.3, -0.25) is 14.6 Å². The van der Waals surface area contributed by atoms with Gasteiger partial charge in [-0.1, -0.05) is 12.1 Å². The van der Waals surface area contributed by atoms with Gasteiger partial charge in [-0.25, -0.2) is 4.79 Å². The number of alkyl halides is 3. The maximum atomic E-state index is 13.0. The highest BCUT2D eigenvalue weighted by Gasteiger charge is 2.44. The van der Waals surface area contributed by atoms with Gasteiger partial charge in [-0.2, -0.15) is 13.2 Å². The number of urea groups is 1. The van der Waals surface area contributed by atoms with Gasteiger partial charge in [0, 0.05) is 25.2 Å². The number of nitrogens with one attached hydrogen (secondary N) is 1. The van der Waals surface area contributed by atoms with Crippen molar-refractivity contribution < 1.29 is 22.8 Å². The maximum Gasteiger partial charge on any atom is 0.416 e. The number of carbonyl (C=O) groups is 2. The lowest BCUT2D eigenvalue weighted by atomic mass is 10.0. The minimum absolute atomic E-state index is 0.172. The molecule has 2 aliphatic rings. The van der Waals surface area contributed by atoms with E-state index in [4.69, 9.17) is 0 Å². The minimum atomic E-state index is -4.36. The number of halogens is 3. The quantitative estimate of drug-likeness (QED) is 0.709. The lowest BCUT2D eigenvalue weighted by Crippen LogP contribution is -2.40. The summed E-state index contributed by atoms with van der Waals surface area (Å²) in [4.78, 5) is 27.7. The Kier molecular flexibility index (Phi) is 5.44. The van der Waals surface area contributed by atoms with Crippen LogP contribution in [0.1, 0.15) is 57.2 Å². The van der Waals surface area contributed by atoms with Gasteiger partial charge in [-0.05, 0) is 57.7 Å². The fourth-order valence-electron chi connectivity index (χ4n) is 3.70. The van der Waals surface area contributed by atoms with Gasteiger partial charge in [0.25, 0.3) is 5.91 Å². The Balaban J connectivity index is 1.65. The van der Waals surface area contributed by atoms with Crippen LogP contribution in [0, 0.1) is 0 Å². The van der Waals surface area contributed by atoms with Crippen molar-refractivity contribution in [3.8, 4) is 0 Å². The highest BCUT2D eigenvalue weighted by Crippen LogP contribution is 2.36. The second-order valence-electron chi connectivity index (χ2n) is 8.13. The smallest absolute Gasteiger partial charge is 0.324 e. The number of hydrogen-bond donors (Lipinski definition) is 1. The van der Waals surface area contributed by atoms with Crippen LogP contribution in [-0.4, -0.2) is 46.4 Å². The Morgan fingerprint density at radius 3 is 2.50 bits per heavy atom. The summed E-state index contributed by atoms with van der Waals surface area (Å²) in [7, 11) is 0. The number of imide groups is 1. The van der Waals surface area contributed by atoms with Crippen molar-refractivity contribution in [3.05, 3.63) is 35.4 Å². The van der Waals surface area contributed by atoms with Crippen LogP contribution < -0.4 is 5.32 Å². The Hall–Kier alpha value is -2.09. The van der Waals surface area contributed by atoms with E-state index in [0.29, 0.717) is 31.1 Å². The summed E-state index contributed by atoms with van der Waals surface area (Å²) < 4.78 is 39.1. The Morgan fingerprint density at radius 2 is 1.96 bits per heavy atom. The molecule has 3 amide bonds. The third-order valence-electron chi connectivity index (χ3n) is 5.45. The Bertz CT molecular complexity index is 759. The van der Waals surface area contributed by atoms with Gasteiger partial charge in [0.1, 0.15) is 5.54 Å². The molecule has 0 aromatic heterocycles. The molecule has 1 N–H and O–H groups in total. The molecule has 1 saturated carbocycles. The molecule has 2 fully saturated rings. The summed E-state index contributed by atoms with van der Waals surface area (Å²) in [6.45, 7) is 6.15. The van der Waals surface area contributed by atoms with E-state index in [1.165, 1.54) is 17.0 Å². The van der Waals surface area contributed by atoms with E-state index < -0.39 is 17.3 Å². The molecular formula is C20H26F3N3O2. The molecule has 1 aromatic rings. The summed E-state index contributed by atoms with van der Waals surface area (Å²) in [5, 5.41) is 2.65. The van der Waals surface area contributed by atoms with E-state index in [1.54, 1.807) is 19.9 Å². The first-order chi connectivity index (χ1) is 13.0. The molecule has 154 valence electrons. The predicted octanol–water partition coefficient (Wildman–Crippen LogP) is 3.95. The molecule has 0 radical (unpaired) electrons. The third-order valence-corrected chi connectivity index (χ3v) is 5.45. The normalized spacial score (nSPS) is 20.6. The molecule has 1 aromatic carbocycles. The molecule has 1 heterocycles. The van der Waals surface area contributed by atoms with Gasteiger partial charge in [-0.15, -0.1) is 0 Å². The van der Waals surface area contributed by atoms with Crippen LogP contribution in [-0.2, 0) is 11.0 Å². The molecule has 1 aliphatic heterocycles. The molecule has 0 spiro atoms. The standard InChI is InChI=1S/C20H26F3N3O2/c1-13(14-6-4-7-15(12-14)20(21,22)23)25(16-8-9-16)10-5-11-26-17(27)19(2,3)24-18(26)28/h4,6-7,12-13,16H,5,8-11H2,1-3H3,(H,24,28). The molecule has 0 bridgehead atoms. The van der Waals surface area contributed by atoms with Crippen LogP contribution in [0.15, 0.2) is 24.3 Å². The molecule has 28 heavy (non-hydrogen) atoms. The van der Waals surface area contributed by atoms with Crippen molar-refractivity contribution in [2.45, 2.75) is 63.8 Å². The number of carbonyl (C=O) groups excluding carboxylic acids is 2. The molecule has 8 heteroatoms. The van der Waals surface area contributed by atoms with E-state index in [0.717, 1.165) is 18.9 Å². The SMILES string of the molecule is CC(c1cccc(C(F)(F)F)c1)N(CCCN1C(=O)NC(C)(C)C1=O)C1CC1. The fraction of sp³-hybridized carbons (Fsp3) is 0.600.